The maximum absolute atomic E-state index is 12.8. The van der Waals surface area contributed by atoms with Crippen LogP contribution in [0.4, 0.5) is 8.78 Å². The highest BCUT2D eigenvalue weighted by atomic mass is 19.3. The van der Waals surface area contributed by atoms with Crippen LogP contribution in [-0.2, 0) is 0 Å². The van der Waals surface area contributed by atoms with E-state index in [1.807, 2.05) is 0 Å². The Balaban J connectivity index is 2.02. The third kappa shape index (κ3) is 1.40. The minimum absolute atomic E-state index is 0.147. The Morgan fingerprint density at radius 3 is 2.55 bits per heavy atom. The van der Waals surface area contributed by atoms with Crippen LogP contribution in [0.3, 0.4) is 0 Å². The van der Waals surface area contributed by atoms with E-state index in [1.165, 1.54) is 12.8 Å². The molecule has 11 heavy (non-hydrogen) atoms. The van der Waals surface area contributed by atoms with Crippen LogP contribution in [0.5, 0.6) is 0 Å². The lowest BCUT2D eigenvalue weighted by Gasteiger charge is -2.31. The predicted molar refractivity (Wildman–Crippen MR) is 39.6 cm³/mol. The van der Waals surface area contributed by atoms with Gasteiger partial charge in [-0.2, -0.15) is 0 Å². The average molecular weight is 160 g/mol. The largest absolute Gasteiger partial charge is 0.248 e. The normalized spacial score (nSPS) is 42.0. The quantitative estimate of drug-likeness (QED) is 0.510. The van der Waals surface area contributed by atoms with Crippen molar-refractivity contribution < 1.29 is 8.78 Å². The molecule has 0 aromatic rings. The smallest absolute Gasteiger partial charge is 0.207 e. The third-order valence-corrected chi connectivity index (χ3v) is 3.26. The summed E-state index contributed by atoms with van der Waals surface area (Å²) in [4.78, 5) is 0. The van der Waals surface area contributed by atoms with Crippen LogP contribution in [0.15, 0.2) is 0 Å². The maximum Gasteiger partial charge on any atom is 0.248 e. The van der Waals surface area contributed by atoms with Gasteiger partial charge in [0.15, 0.2) is 0 Å². The molecule has 0 heterocycles. The van der Waals surface area contributed by atoms with E-state index in [0.717, 1.165) is 12.8 Å². The number of fused-ring (bicyclic) bond motifs is 1. The van der Waals surface area contributed by atoms with Crippen LogP contribution in [0, 0.1) is 11.8 Å². The SMILES string of the molecule is FC1(F)CC[C@H]2CCCC2C1. The molecule has 0 radical (unpaired) electrons. The van der Waals surface area contributed by atoms with Crippen LogP contribution < -0.4 is 0 Å². The predicted octanol–water partition coefficient (Wildman–Crippen LogP) is 3.22. The van der Waals surface area contributed by atoms with E-state index in [9.17, 15) is 8.78 Å². The summed E-state index contributed by atoms with van der Waals surface area (Å²) in [6.07, 6.45) is 4.55. The highest BCUT2D eigenvalue weighted by Gasteiger charge is 2.42. The zero-order valence-electron chi connectivity index (χ0n) is 6.65. The second kappa shape index (κ2) is 2.43. The summed E-state index contributed by atoms with van der Waals surface area (Å²) < 4.78 is 25.7. The van der Waals surface area contributed by atoms with Crippen molar-refractivity contribution in [3.63, 3.8) is 0 Å². The monoisotopic (exact) mass is 160 g/mol. The lowest BCUT2D eigenvalue weighted by Crippen LogP contribution is -2.29. The molecular weight excluding hydrogens is 146 g/mol. The van der Waals surface area contributed by atoms with Crippen LogP contribution in [0.2, 0.25) is 0 Å². The van der Waals surface area contributed by atoms with E-state index in [2.05, 4.69) is 0 Å². The average Bonchev–Trinajstić information content (AvgIpc) is 2.31. The zero-order valence-corrected chi connectivity index (χ0v) is 6.65. The van der Waals surface area contributed by atoms with Crippen molar-refractivity contribution >= 4 is 0 Å². The van der Waals surface area contributed by atoms with Gasteiger partial charge in [-0.3, -0.25) is 0 Å². The van der Waals surface area contributed by atoms with Crippen LogP contribution in [0.1, 0.15) is 38.5 Å². The molecule has 2 aliphatic rings. The van der Waals surface area contributed by atoms with E-state index < -0.39 is 5.92 Å². The van der Waals surface area contributed by atoms with E-state index in [1.54, 1.807) is 0 Å². The Hall–Kier alpha value is -0.140. The fourth-order valence-electron chi connectivity index (χ4n) is 2.64. The molecule has 0 saturated heterocycles. The summed E-state index contributed by atoms with van der Waals surface area (Å²) in [6, 6.07) is 0. The van der Waals surface area contributed by atoms with Gasteiger partial charge in [-0.25, -0.2) is 8.78 Å². The summed E-state index contributed by atoms with van der Waals surface area (Å²) >= 11 is 0. The van der Waals surface area contributed by atoms with E-state index in [0.29, 0.717) is 11.8 Å². The number of rotatable bonds is 0. The molecule has 0 aromatic carbocycles. The summed E-state index contributed by atoms with van der Waals surface area (Å²) in [5, 5.41) is 0. The fraction of sp³-hybridized carbons (Fsp3) is 1.00. The maximum atomic E-state index is 12.8. The van der Waals surface area contributed by atoms with E-state index in [-0.39, 0.29) is 12.8 Å². The van der Waals surface area contributed by atoms with Gasteiger partial charge in [0, 0.05) is 12.8 Å². The highest BCUT2D eigenvalue weighted by Crippen LogP contribution is 2.47. The minimum atomic E-state index is -2.33. The summed E-state index contributed by atoms with van der Waals surface area (Å²) in [5.41, 5.74) is 0. The molecule has 2 fully saturated rings. The van der Waals surface area contributed by atoms with E-state index in [4.69, 9.17) is 0 Å². The molecule has 1 unspecified atom stereocenters. The van der Waals surface area contributed by atoms with Crippen molar-refractivity contribution in [3.05, 3.63) is 0 Å². The number of hydrogen-bond acceptors (Lipinski definition) is 0. The van der Waals surface area contributed by atoms with Gasteiger partial charge in [0.05, 0.1) is 0 Å². The first-order chi connectivity index (χ1) is 5.17. The van der Waals surface area contributed by atoms with Crippen molar-refractivity contribution in [1.29, 1.82) is 0 Å². The summed E-state index contributed by atoms with van der Waals surface area (Å²) in [6.45, 7) is 0. The van der Waals surface area contributed by atoms with Gasteiger partial charge in [-0.05, 0) is 24.7 Å². The molecule has 0 amide bonds. The number of hydrogen-bond donors (Lipinski definition) is 0. The standard InChI is InChI=1S/C9H14F2/c10-9(11)5-4-7-2-1-3-8(7)6-9/h7-8H,1-6H2/t7-,8?/m1/s1. The first-order valence-corrected chi connectivity index (χ1v) is 4.55. The Kier molecular flexibility index (Phi) is 1.66. The van der Waals surface area contributed by atoms with Crippen molar-refractivity contribution in [3.8, 4) is 0 Å². The molecule has 0 bridgehead atoms. The van der Waals surface area contributed by atoms with Crippen LogP contribution in [0.25, 0.3) is 0 Å². The van der Waals surface area contributed by atoms with Gasteiger partial charge < -0.3 is 0 Å². The lowest BCUT2D eigenvalue weighted by atomic mass is 9.80. The van der Waals surface area contributed by atoms with Gasteiger partial charge >= 0.3 is 0 Å². The molecule has 0 aromatic heterocycles. The zero-order chi connectivity index (χ0) is 7.90. The minimum Gasteiger partial charge on any atom is -0.207 e. The number of halogens is 2. The molecule has 0 N–H and O–H groups in total. The molecular formula is C9H14F2. The van der Waals surface area contributed by atoms with Crippen molar-refractivity contribution in [2.24, 2.45) is 11.8 Å². The second-order valence-electron chi connectivity index (χ2n) is 4.05. The first-order valence-electron chi connectivity index (χ1n) is 4.55. The van der Waals surface area contributed by atoms with Gasteiger partial charge in [0.25, 0.3) is 0 Å². The Bertz CT molecular complexity index is 154. The van der Waals surface area contributed by atoms with Gasteiger partial charge in [-0.15, -0.1) is 0 Å². The Labute approximate surface area is 66.0 Å². The van der Waals surface area contributed by atoms with Crippen LogP contribution >= 0.6 is 0 Å². The summed E-state index contributed by atoms with van der Waals surface area (Å²) in [5.74, 6) is -1.32. The Morgan fingerprint density at radius 2 is 1.73 bits per heavy atom. The van der Waals surface area contributed by atoms with Gasteiger partial charge in [0.2, 0.25) is 5.92 Å². The van der Waals surface area contributed by atoms with Crippen molar-refractivity contribution in [2.45, 2.75) is 44.4 Å². The molecule has 2 atom stereocenters. The first kappa shape index (κ1) is 7.51. The second-order valence-corrected chi connectivity index (χ2v) is 4.05. The van der Waals surface area contributed by atoms with Gasteiger partial charge in [0.1, 0.15) is 0 Å². The topological polar surface area (TPSA) is 0 Å². The van der Waals surface area contributed by atoms with Crippen molar-refractivity contribution in [2.75, 3.05) is 0 Å². The molecule has 2 heteroatoms. The molecule has 2 saturated carbocycles. The highest BCUT2D eigenvalue weighted by molar-refractivity contribution is 4.87. The molecule has 0 nitrogen and oxygen atoms in total. The lowest BCUT2D eigenvalue weighted by molar-refractivity contribution is -0.0634. The van der Waals surface area contributed by atoms with Crippen molar-refractivity contribution in [1.82, 2.24) is 0 Å². The Morgan fingerprint density at radius 1 is 1.00 bits per heavy atom. The van der Waals surface area contributed by atoms with E-state index >= 15 is 0 Å². The molecule has 64 valence electrons. The van der Waals surface area contributed by atoms with Gasteiger partial charge in [-0.1, -0.05) is 12.8 Å². The molecule has 2 rings (SSSR count). The number of alkyl halides is 2. The molecule has 2 aliphatic carbocycles. The summed E-state index contributed by atoms with van der Waals surface area (Å²) in [7, 11) is 0. The fourth-order valence-corrected chi connectivity index (χ4v) is 2.64. The molecule has 0 spiro atoms. The van der Waals surface area contributed by atoms with Crippen LogP contribution in [-0.4, -0.2) is 5.92 Å². The molecule has 0 aliphatic heterocycles. The third-order valence-electron chi connectivity index (χ3n) is 3.26.